The molecule has 8 heteroatoms. The zero-order valence-electron chi connectivity index (χ0n) is 19.7. The Morgan fingerprint density at radius 1 is 0.912 bits per heavy atom. The molecule has 0 aliphatic carbocycles. The Morgan fingerprint density at radius 2 is 1.56 bits per heavy atom. The van der Waals surface area contributed by atoms with Gasteiger partial charge < -0.3 is 14.8 Å². The van der Waals surface area contributed by atoms with Crippen molar-refractivity contribution in [3.05, 3.63) is 89.5 Å². The summed E-state index contributed by atoms with van der Waals surface area (Å²) in [6.07, 6.45) is 0.194. The smallest absolute Gasteiger partial charge is 0.241 e. The minimum Gasteiger partial charge on any atom is -0.496 e. The van der Waals surface area contributed by atoms with E-state index in [1.165, 1.54) is 19.2 Å². The van der Waals surface area contributed by atoms with Crippen LogP contribution in [0.15, 0.2) is 77.7 Å². The summed E-state index contributed by atoms with van der Waals surface area (Å²) in [4.78, 5) is 13.4. The number of hydrogen-bond donors (Lipinski definition) is 2. The van der Waals surface area contributed by atoms with E-state index in [1.54, 1.807) is 20.1 Å². The van der Waals surface area contributed by atoms with Crippen LogP contribution in [0.3, 0.4) is 0 Å². The molecule has 3 aromatic rings. The van der Waals surface area contributed by atoms with Crippen LogP contribution in [0.1, 0.15) is 29.7 Å². The van der Waals surface area contributed by atoms with Gasteiger partial charge in [0.1, 0.15) is 17.5 Å². The molecule has 0 radical (unpaired) electrons. The first kappa shape index (κ1) is 25.3. The third-order valence-electron chi connectivity index (χ3n) is 5.54. The lowest BCUT2D eigenvalue weighted by atomic mass is 10.0. The maximum atomic E-state index is 13.3. The van der Waals surface area contributed by atoms with Crippen LogP contribution in [-0.4, -0.2) is 34.6 Å². The molecule has 2 atom stereocenters. The standard InChI is InChI=1S/C26H30N2O5S/c1-18-16-21(14-15-24(18)32-3)34(30,31)28-23(17-20-10-6-5-7-11-20)26(29)27-19(2)22-12-8-9-13-25(22)33-4/h5-16,19,23,28H,17H2,1-4H3,(H,27,29)/t19-,23+/m1/s1. The second-order valence-electron chi connectivity index (χ2n) is 7.97. The van der Waals surface area contributed by atoms with E-state index in [0.717, 1.165) is 11.1 Å². The zero-order valence-corrected chi connectivity index (χ0v) is 20.6. The Morgan fingerprint density at radius 3 is 2.21 bits per heavy atom. The topological polar surface area (TPSA) is 93.7 Å². The first-order chi connectivity index (χ1) is 16.2. The highest BCUT2D eigenvalue weighted by molar-refractivity contribution is 7.89. The Labute approximate surface area is 201 Å². The minimum atomic E-state index is -3.98. The summed E-state index contributed by atoms with van der Waals surface area (Å²) in [6.45, 7) is 3.59. The van der Waals surface area contributed by atoms with Crippen molar-refractivity contribution < 1.29 is 22.7 Å². The maximum Gasteiger partial charge on any atom is 0.241 e. The molecule has 0 fully saturated rings. The predicted octanol–water partition coefficient (Wildman–Crippen LogP) is 3.78. The zero-order chi connectivity index (χ0) is 24.7. The molecule has 0 heterocycles. The van der Waals surface area contributed by atoms with E-state index >= 15 is 0 Å². The van der Waals surface area contributed by atoms with Crippen molar-refractivity contribution in [1.29, 1.82) is 0 Å². The van der Waals surface area contributed by atoms with E-state index in [-0.39, 0.29) is 11.3 Å². The second kappa shape index (κ2) is 11.2. The summed E-state index contributed by atoms with van der Waals surface area (Å²) in [5.74, 6) is 0.795. The Balaban J connectivity index is 1.87. The highest BCUT2D eigenvalue weighted by Crippen LogP contribution is 2.25. The molecule has 180 valence electrons. The third kappa shape index (κ3) is 6.15. The number of methoxy groups -OCH3 is 2. The largest absolute Gasteiger partial charge is 0.496 e. The molecular formula is C26H30N2O5S. The Hall–Kier alpha value is -3.36. The van der Waals surface area contributed by atoms with E-state index in [1.807, 2.05) is 61.5 Å². The van der Waals surface area contributed by atoms with E-state index in [9.17, 15) is 13.2 Å². The summed E-state index contributed by atoms with van der Waals surface area (Å²) < 4.78 is 39.6. The molecule has 0 aromatic heterocycles. The number of sulfonamides is 1. The van der Waals surface area contributed by atoms with Gasteiger partial charge in [-0.15, -0.1) is 0 Å². The fourth-order valence-electron chi connectivity index (χ4n) is 3.73. The lowest BCUT2D eigenvalue weighted by Crippen LogP contribution is -2.48. The summed E-state index contributed by atoms with van der Waals surface area (Å²) in [6, 6.07) is 19.8. The highest BCUT2D eigenvalue weighted by Gasteiger charge is 2.28. The summed E-state index contributed by atoms with van der Waals surface area (Å²) in [5, 5.41) is 2.93. The van der Waals surface area contributed by atoms with Crippen LogP contribution < -0.4 is 19.5 Å². The molecule has 2 N–H and O–H groups in total. The molecule has 34 heavy (non-hydrogen) atoms. The van der Waals surface area contributed by atoms with Gasteiger partial charge in [0, 0.05) is 5.56 Å². The minimum absolute atomic E-state index is 0.0643. The van der Waals surface area contributed by atoms with Gasteiger partial charge in [0.2, 0.25) is 15.9 Å². The van der Waals surface area contributed by atoms with Gasteiger partial charge in [-0.1, -0.05) is 48.5 Å². The molecule has 0 aliphatic rings. The van der Waals surface area contributed by atoms with Crippen molar-refractivity contribution in [3.63, 3.8) is 0 Å². The van der Waals surface area contributed by atoms with E-state index in [2.05, 4.69) is 10.0 Å². The molecule has 7 nitrogen and oxygen atoms in total. The molecule has 0 bridgehead atoms. The van der Waals surface area contributed by atoms with Crippen LogP contribution >= 0.6 is 0 Å². The first-order valence-electron chi connectivity index (χ1n) is 10.9. The molecule has 3 rings (SSSR count). The van der Waals surface area contributed by atoms with Crippen LogP contribution in [0, 0.1) is 6.92 Å². The van der Waals surface area contributed by atoms with Crippen molar-refractivity contribution in [2.24, 2.45) is 0 Å². The maximum absolute atomic E-state index is 13.3. The van der Waals surface area contributed by atoms with Gasteiger partial charge in [0.25, 0.3) is 0 Å². The fourth-order valence-corrected chi connectivity index (χ4v) is 5.01. The highest BCUT2D eigenvalue weighted by atomic mass is 32.2. The van der Waals surface area contributed by atoms with Crippen molar-refractivity contribution in [2.75, 3.05) is 14.2 Å². The average molecular weight is 483 g/mol. The van der Waals surface area contributed by atoms with Gasteiger partial charge in [-0.25, -0.2) is 8.42 Å². The number of aryl methyl sites for hydroxylation is 1. The van der Waals surface area contributed by atoms with Crippen molar-refractivity contribution >= 4 is 15.9 Å². The average Bonchev–Trinajstić information content (AvgIpc) is 2.84. The number of benzene rings is 3. The number of amides is 1. The van der Waals surface area contributed by atoms with E-state index < -0.39 is 28.0 Å². The second-order valence-corrected chi connectivity index (χ2v) is 9.68. The molecule has 0 saturated heterocycles. The van der Waals surface area contributed by atoms with Gasteiger partial charge in [-0.05, 0) is 55.7 Å². The third-order valence-corrected chi connectivity index (χ3v) is 7.01. The fraction of sp³-hybridized carbons (Fsp3) is 0.269. The van der Waals surface area contributed by atoms with Crippen molar-refractivity contribution in [3.8, 4) is 11.5 Å². The SMILES string of the molecule is COc1ccc(S(=O)(=O)N[C@@H](Cc2ccccc2)C(=O)N[C@H](C)c2ccccc2OC)cc1C. The summed E-state index contributed by atoms with van der Waals surface area (Å²) >= 11 is 0. The normalized spacial score (nSPS) is 13.1. The first-order valence-corrected chi connectivity index (χ1v) is 12.4. The molecular weight excluding hydrogens is 452 g/mol. The van der Waals surface area contributed by atoms with Gasteiger partial charge in [0.15, 0.2) is 0 Å². The number of rotatable bonds is 10. The van der Waals surface area contributed by atoms with Gasteiger partial charge in [-0.2, -0.15) is 4.72 Å². The number of carbonyl (C=O) groups is 1. The number of hydrogen-bond acceptors (Lipinski definition) is 5. The van der Waals surface area contributed by atoms with Gasteiger partial charge in [-0.3, -0.25) is 4.79 Å². The van der Waals surface area contributed by atoms with Crippen LogP contribution in [0.25, 0.3) is 0 Å². The summed E-state index contributed by atoms with van der Waals surface area (Å²) in [5.41, 5.74) is 2.31. The van der Waals surface area contributed by atoms with Gasteiger partial charge >= 0.3 is 0 Å². The number of carbonyl (C=O) groups excluding carboxylic acids is 1. The molecule has 3 aromatic carbocycles. The quantitative estimate of drug-likeness (QED) is 0.459. The van der Waals surface area contributed by atoms with E-state index in [4.69, 9.17) is 9.47 Å². The van der Waals surface area contributed by atoms with Crippen molar-refractivity contribution in [1.82, 2.24) is 10.0 Å². The number of ether oxygens (including phenoxy) is 2. The van der Waals surface area contributed by atoms with Crippen LogP contribution in [0.5, 0.6) is 11.5 Å². The number of para-hydroxylation sites is 1. The lowest BCUT2D eigenvalue weighted by Gasteiger charge is -2.23. The van der Waals surface area contributed by atoms with Crippen LogP contribution in [0.4, 0.5) is 0 Å². The molecule has 0 aliphatic heterocycles. The molecule has 0 unspecified atom stereocenters. The van der Waals surface area contributed by atoms with Crippen LogP contribution in [-0.2, 0) is 21.2 Å². The van der Waals surface area contributed by atoms with Crippen LogP contribution in [0.2, 0.25) is 0 Å². The van der Waals surface area contributed by atoms with E-state index in [0.29, 0.717) is 17.1 Å². The lowest BCUT2D eigenvalue weighted by molar-refractivity contribution is -0.123. The van der Waals surface area contributed by atoms with Crippen molar-refractivity contribution in [2.45, 2.75) is 37.2 Å². The monoisotopic (exact) mass is 482 g/mol. The molecule has 0 spiro atoms. The Bertz CT molecular complexity index is 1230. The van der Waals surface area contributed by atoms with Gasteiger partial charge in [0.05, 0.1) is 25.2 Å². The predicted molar refractivity (Wildman–Crippen MR) is 132 cm³/mol. The summed E-state index contributed by atoms with van der Waals surface area (Å²) in [7, 11) is -0.885. The Kier molecular flexibility index (Phi) is 8.31. The number of nitrogens with one attached hydrogen (secondary N) is 2. The molecule has 0 saturated carbocycles. The molecule has 1 amide bonds.